The molecule has 1 aromatic carbocycles. The smallest absolute Gasteiger partial charge is 0.149 e. The van der Waals surface area contributed by atoms with Crippen molar-refractivity contribution < 1.29 is 9.59 Å². The maximum Gasteiger partial charge on any atom is 0.149 e. The Balaban J connectivity index is 1.80. The largest absolute Gasteiger partial charge is 0.298 e. The lowest BCUT2D eigenvalue weighted by Gasteiger charge is -2.41. The van der Waals surface area contributed by atoms with E-state index in [1.807, 2.05) is 26.0 Å². The summed E-state index contributed by atoms with van der Waals surface area (Å²) in [6, 6.07) is 8.26. The standard InChI is InChI=1S/C22H27NO2/c1-21(2)13-17(24)19(18(25)14-21)20-16-9-5-4-8-15(16)12-22(23-20)10-6-3-7-11-22/h4-5,8-9,19H,3,6-7,10-14H2,1-2H3. The van der Waals surface area contributed by atoms with Gasteiger partial charge in [-0.2, -0.15) is 0 Å². The Hall–Kier alpha value is -1.77. The molecule has 0 aromatic heterocycles. The van der Waals surface area contributed by atoms with E-state index < -0.39 is 5.92 Å². The summed E-state index contributed by atoms with van der Waals surface area (Å²) >= 11 is 0. The molecule has 2 aliphatic carbocycles. The van der Waals surface area contributed by atoms with Crippen LogP contribution in [0.15, 0.2) is 29.3 Å². The van der Waals surface area contributed by atoms with Gasteiger partial charge in [-0.1, -0.05) is 57.4 Å². The Kier molecular flexibility index (Phi) is 3.93. The number of hydrogen-bond donors (Lipinski definition) is 0. The van der Waals surface area contributed by atoms with Crippen molar-refractivity contribution in [2.75, 3.05) is 0 Å². The van der Waals surface area contributed by atoms with Gasteiger partial charge in [0.05, 0.1) is 11.3 Å². The highest BCUT2D eigenvalue weighted by Gasteiger charge is 2.46. The van der Waals surface area contributed by atoms with E-state index in [2.05, 4.69) is 12.1 Å². The highest BCUT2D eigenvalue weighted by molar-refractivity contribution is 6.27. The average Bonchev–Trinajstić information content (AvgIpc) is 2.53. The molecule has 1 heterocycles. The van der Waals surface area contributed by atoms with E-state index in [9.17, 15) is 9.59 Å². The molecule has 1 aromatic rings. The van der Waals surface area contributed by atoms with Gasteiger partial charge in [-0.15, -0.1) is 0 Å². The van der Waals surface area contributed by atoms with E-state index in [1.165, 1.54) is 24.8 Å². The number of fused-ring (bicyclic) bond motifs is 1. The summed E-state index contributed by atoms with van der Waals surface area (Å²) in [4.78, 5) is 31.0. The molecule has 3 aliphatic rings. The van der Waals surface area contributed by atoms with E-state index in [-0.39, 0.29) is 22.5 Å². The van der Waals surface area contributed by atoms with E-state index in [0.717, 1.165) is 30.5 Å². The van der Waals surface area contributed by atoms with Crippen LogP contribution in [0.3, 0.4) is 0 Å². The Labute approximate surface area is 149 Å². The molecular weight excluding hydrogens is 310 g/mol. The molecule has 3 heteroatoms. The fourth-order valence-electron chi connectivity index (χ4n) is 5.05. The van der Waals surface area contributed by atoms with Crippen molar-refractivity contribution >= 4 is 17.3 Å². The van der Waals surface area contributed by atoms with Gasteiger partial charge in [-0.25, -0.2) is 0 Å². The second-order valence-electron chi connectivity index (χ2n) is 9.00. The van der Waals surface area contributed by atoms with Gasteiger partial charge in [0, 0.05) is 18.4 Å². The molecule has 0 N–H and O–H groups in total. The van der Waals surface area contributed by atoms with Crippen molar-refractivity contribution in [3.63, 3.8) is 0 Å². The first-order valence-corrected chi connectivity index (χ1v) is 9.63. The summed E-state index contributed by atoms with van der Waals surface area (Å²) in [5.41, 5.74) is 2.76. The quantitative estimate of drug-likeness (QED) is 0.717. The van der Waals surface area contributed by atoms with Crippen LogP contribution in [0, 0.1) is 11.3 Å². The zero-order valence-electron chi connectivity index (χ0n) is 15.3. The number of rotatable bonds is 1. The molecule has 0 atom stereocenters. The minimum Gasteiger partial charge on any atom is -0.298 e. The van der Waals surface area contributed by atoms with Crippen LogP contribution in [0.25, 0.3) is 0 Å². The second kappa shape index (κ2) is 5.89. The third-order valence-electron chi connectivity index (χ3n) is 6.18. The Morgan fingerprint density at radius 1 is 0.920 bits per heavy atom. The third kappa shape index (κ3) is 2.98. The minimum atomic E-state index is -0.645. The first kappa shape index (κ1) is 16.7. The number of Topliss-reactive ketones (excluding diaryl/α,β-unsaturated/α-hetero) is 2. The number of aliphatic imine (C=N–C) groups is 1. The van der Waals surface area contributed by atoms with Crippen molar-refractivity contribution in [3.8, 4) is 0 Å². The number of benzene rings is 1. The summed E-state index contributed by atoms with van der Waals surface area (Å²) in [5.74, 6) is -0.529. The van der Waals surface area contributed by atoms with Crippen LogP contribution in [-0.2, 0) is 16.0 Å². The fraction of sp³-hybridized carbons (Fsp3) is 0.591. The van der Waals surface area contributed by atoms with Crippen molar-refractivity contribution in [1.29, 1.82) is 0 Å². The topological polar surface area (TPSA) is 46.5 Å². The second-order valence-corrected chi connectivity index (χ2v) is 9.00. The first-order chi connectivity index (χ1) is 11.9. The highest BCUT2D eigenvalue weighted by atomic mass is 16.2. The lowest BCUT2D eigenvalue weighted by atomic mass is 9.67. The van der Waals surface area contributed by atoms with Crippen LogP contribution in [-0.4, -0.2) is 22.8 Å². The Morgan fingerprint density at radius 2 is 1.56 bits per heavy atom. The van der Waals surface area contributed by atoms with Gasteiger partial charge >= 0.3 is 0 Å². The van der Waals surface area contributed by atoms with Gasteiger partial charge in [-0.05, 0) is 30.2 Å². The van der Waals surface area contributed by atoms with Gasteiger partial charge in [0.25, 0.3) is 0 Å². The summed E-state index contributed by atoms with van der Waals surface area (Å²) in [5, 5.41) is 0. The highest BCUT2D eigenvalue weighted by Crippen LogP contribution is 2.42. The molecule has 0 saturated heterocycles. The van der Waals surface area contributed by atoms with Gasteiger partial charge in [0.2, 0.25) is 0 Å². The molecular formula is C22H27NO2. The van der Waals surface area contributed by atoms with Gasteiger partial charge in [0.15, 0.2) is 0 Å². The van der Waals surface area contributed by atoms with Crippen molar-refractivity contribution in [2.24, 2.45) is 16.3 Å². The molecule has 0 unspecified atom stereocenters. The average molecular weight is 337 g/mol. The normalized spacial score (nSPS) is 25.6. The molecule has 2 saturated carbocycles. The van der Waals surface area contributed by atoms with Gasteiger partial charge < -0.3 is 0 Å². The van der Waals surface area contributed by atoms with Gasteiger partial charge in [-0.3, -0.25) is 14.6 Å². The van der Waals surface area contributed by atoms with E-state index in [0.29, 0.717) is 12.8 Å². The molecule has 132 valence electrons. The molecule has 0 amide bonds. The van der Waals surface area contributed by atoms with Crippen molar-refractivity contribution in [1.82, 2.24) is 0 Å². The molecule has 2 fully saturated rings. The SMILES string of the molecule is CC1(C)CC(=O)C(C2=NC3(CCCCC3)Cc3ccccc32)C(=O)C1. The first-order valence-electron chi connectivity index (χ1n) is 9.63. The minimum absolute atomic E-state index is 0.0580. The number of nitrogens with zero attached hydrogens (tertiary/aromatic N) is 1. The van der Waals surface area contributed by atoms with Crippen LogP contribution < -0.4 is 0 Å². The molecule has 1 aliphatic heterocycles. The molecule has 25 heavy (non-hydrogen) atoms. The monoisotopic (exact) mass is 337 g/mol. The molecule has 1 spiro atoms. The summed E-state index contributed by atoms with van der Waals surface area (Å²) < 4.78 is 0. The van der Waals surface area contributed by atoms with E-state index in [4.69, 9.17) is 4.99 Å². The van der Waals surface area contributed by atoms with Crippen LogP contribution in [0.5, 0.6) is 0 Å². The maximum absolute atomic E-state index is 12.9. The summed E-state index contributed by atoms with van der Waals surface area (Å²) in [6.07, 6.45) is 7.69. The number of carbonyl (C=O) groups excluding carboxylic acids is 2. The van der Waals surface area contributed by atoms with Crippen molar-refractivity contribution in [2.45, 2.75) is 70.8 Å². The number of ketones is 2. The van der Waals surface area contributed by atoms with E-state index in [1.54, 1.807) is 0 Å². The Bertz CT molecular complexity index is 733. The van der Waals surface area contributed by atoms with Gasteiger partial charge in [0.1, 0.15) is 17.5 Å². The van der Waals surface area contributed by atoms with Crippen LogP contribution in [0.1, 0.15) is 69.9 Å². The zero-order chi connectivity index (χ0) is 17.7. The predicted molar refractivity (Wildman–Crippen MR) is 99.0 cm³/mol. The summed E-state index contributed by atoms with van der Waals surface area (Å²) in [7, 11) is 0. The van der Waals surface area contributed by atoms with Crippen molar-refractivity contribution in [3.05, 3.63) is 35.4 Å². The summed E-state index contributed by atoms with van der Waals surface area (Å²) in [6.45, 7) is 4.02. The fourth-order valence-corrected chi connectivity index (χ4v) is 5.05. The molecule has 3 nitrogen and oxygen atoms in total. The van der Waals surface area contributed by atoms with Crippen LogP contribution >= 0.6 is 0 Å². The number of carbonyl (C=O) groups is 2. The molecule has 0 bridgehead atoms. The maximum atomic E-state index is 12.9. The molecule has 4 rings (SSSR count). The number of hydrogen-bond acceptors (Lipinski definition) is 3. The van der Waals surface area contributed by atoms with Crippen LogP contribution in [0.4, 0.5) is 0 Å². The molecule has 0 radical (unpaired) electrons. The third-order valence-corrected chi connectivity index (χ3v) is 6.18. The lowest BCUT2D eigenvalue weighted by Crippen LogP contribution is -2.46. The zero-order valence-corrected chi connectivity index (χ0v) is 15.3. The lowest BCUT2D eigenvalue weighted by molar-refractivity contribution is -0.136. The van der Waals surface area contributed by atoms with Crippen LogP contribution in [0.2, 0.25) is 0 Å². The Morgan fingerprint density at radius 3 is 2.24 bits per heavy atom. The predicted octanol–water partition coefficient (Wildman–Crippen LogP) is 4.31. The van der Waals surface area contributed by atoms with E-state index >= 15 is 0 Å².